The van der Waals surface area contributed by atoms with Crippen molar-refractivity contribution in [2.24, 2.45) is 0 Å². The first kappa shape index (κ1) is 8.77. The number of aryl methyl sites for hydroxylation is 1. The molecule has 0 radical (unpaired) electrons. The lowest BCUT2D eigenvalue weighted by atomic mass is 10.6. The van der Waals surface area contributed by atoms with Crippen molar-refractivity contribution < 1.29 is 0 Å². The SMILES string of the molecule is Cc1csc(SCn2cccn2)n1. The van der Waals surface area contributed by atoms with Gasteiger partial charge in [-0.3, -0.25) is 4.68 Å². The molecule has 68 valence electrons. The molecule has 0 saturated carbocycles. The number of hydrogen-bond acceptors (Lipinski definition) is 4. The standard InChI is InChI=1S/C8H9N3S2/c1-7-5-12-8(10-7)13-6-11-4-2-3-9-11/h2-5H,6H2,1H3. The van der Waals surface area contributed by atoms with E-state index >= 15 is 0 Å². The largest absolute Gasteiger partial charge is 0.262 e. The van der Waals surface area contributed by atoms with E-state index < -0.39 is 0 Å². The molecule has 2 aromatic heterocycles. The van der Waals surface area contributed by atoms with Crippen LogP contribution in [0.3, 0.4) is 0 Å². The lowest BCUT2D eigenvalue weighted by Crippen LogP contribution is -1.93. The minimum Gasteiger partial charge on any atom is -0.262 e. The van der Waals surface area contributed by atoms with Crippen LogP contribution >= 0.6 is 23.1 Å². The van der Waals surface area contributed by atoms with Gasteiger partial charge in [-0.15, -0.1) is 11.3 Å². The maximum absolute atomic E-state index is 4.35. The van der Waals surface area contributed by atoms with Gasteiger partial charge >= 0.3 is 0 Å². The highest BCUT2D eigenvalue weighted by Crippen LogP contribution is 2.23. The number of thioether (sulfide) groups is 1. The number of thiazole rings is 1. The van der Waals surface area contributed by atoms with Crippen LogP contribution in [0.4, 0.5) is 0 Å². The smallest absolute Gasteiger partial charge is 0.151 e. The van der Waals surface area contributed by atoms with Gasteiger partial charge in [-0.25, -0.2) is 4.98 Å². The maximum Gasteiger partial charge on any atom is 0.151 e. The van der Waals surface area contributed by atoms with Crippen molar-refractivity contribution >= 4 is 23.1 Å². The van der Waals surface area contributed by atoms with Crippen molar-refractivity contribution in [2.45, 2.75) is 17.1 Å². The summed E-state index contributed by atoms with van der Waals surface area (Å²) in [5.41, 5.74) is 1.09. The molecule has 0 N–H and O–H groups in total. The molecule has 5 heteroatoms. The van der Waals surface area contributed by atoms with Crippen LogP contribution in [0, 0.1) is 6.92 Å². The minimum atomic E-state index is 0.833. The molecule has 2 heterocycles. The summed E-state index contributed by atoms with van der Waals surface area (Å²) in [7, 11) is 0. The lowest BCUT2D eigenvalue weighted by molar-refractivity contribution is 0.750. The Balaban J connectivity index is 1.93. The Morgan fingerprint density at radius 1 is 1.62 bits per heavy atom. The zero-order chi connectivity index (χ0) is 9.10. The summed E-state index contributed by atoms with van der Waals surface area (Å²) in [6, 6.07) is 1.92. The van der Waals surface area contributed by atoms with Gasteiger partial charge in [-0.05, 0) is 13.0 Å². The Morgan fingerprint density at radius 3 is 3.15 bits per heavy atom. The van der Waals surface area contributed by atoms with Crippen molar-refractivity contribution in [1.29, 1.82) is 0 Å². The average Bonchev–Trinajstić information content (AvgIpc) is 2.71. The van der Waals surface area contributed by atoms with Crippen molar-refractivity contribution in [3.05, 3.63) is 29.5 Å². The van der Waals surface area contributed by atoms with E-state index in [9.17, 15) is 0 Å². The molecule has 3 nitrogen and oxygen atoms in total. The molecular weight excluding hydrogens is 202 g/mol. The van der Waals surface area contributed by atoms with Gasteiger partial charge in [0.15, 0.2) is 4.34 Å². The number of hydrogen-bond donors (Lipinski definition) is 0. The zero-order valence-electron chi connectivity index (χ0n) is 7.17. The molecule has 0 aliphatic heterocycles. The van der Waals surface area contributed by atoms with E-state index in [-0.39, 0.29) is 0 Å². The molecule has 2 aromatic rings. The summed E-state index contributed by atoms with van der Waals surface area (Å²) in [4.78, 5) is 4.35. The molecule has 0 spiro atoms. The summed E-state index contributed by atoms with van der Waals surface area (Å²) in [6.45, 7) is 2.01. The van der Waals surface area contributed by atoms with E-state index in [0.717, 1.165) is 15.9 Å². The molecule has 0 saturated heterocycles. The minimum absolute atomic E-state index is 0.833. The highest BCUT2D eigenvalue weighted by molar-refractivity contribution is 8.00. The Morgan fingerprint density at radius 2 is 2.54 bits per heavy atom. The molecule has 0 bridgehead atoms. The van der Waals surface area contributed by atoms with Gasteiger partial charge in [0.1, 0.15) is 0 Å². The molecule has 0 fully saturated rings. The fraction of sp³-hybridized carbons (Fsp3) is 0.250. The van der Waals surface area contributed by atoms with Crippen LogP contribution in [0.25, 0.3) is 0 Å². The molecule has 0 aromatic carbocycles. The summed E-state index contributed by atoms with van der Waals surface area (Å²) in [6.07, 6.45) is 3.74. The predicted molar refractivity (Wildman–Crippen MR) is 54.9 cm³/mol. The van der Waals surface area contributed by atoms with Crippen LogP contribution in [-0.4, -0.2) is 14.8 Å². The van der Waals surface area contributed by atoms with Crippen LogP contribution in [0.15, 0.2) is 28.2 Å². The van der Waals surface area contributed by atoms with E-state index in [0.29, 0.717) is 0 Å². The van der Waals surface area contributed by atoms with Crippen LogP contribution in [0.5, 0.6) is 0 Å². The third-order valence-electron chi connectivity index (χ3n) is 1.48. The van der Waals surface area contributed by atoms with Crippen LogP contribution in [-0.2, 0) is 5.88 Å². The first-order chi connectivity index (χ1) is 6.34. The monoisotopic (exact) mass is 211 g/mol. The Labute approximate surface area is 84.8 Å². The van der Waals surface area contributed by atoms with Crippen LogP contribution < -0.4 is 0 Å². The van der Waals surface area contributed by atoms with Crippen LogP contribution in [0.2, 0.25) is 0 Å². The van der Waals surface area contributed by atoms with E-state index in [1.54, 1.807) is 29.3 Å². The molecule has 0 atom stereocenters. The summed E-state index contributed by atoms with van der Waals surface area (Å²) < 4.78 is 2.99. The quantitative estimate of drug-likeness (QED) is 0.730. The van der Waals surface area contributed by atoms with Crippen molar-refractivity contribution in [3.63, 3.8) is 0 Å². The fourth-order valence-electron chi connectivity index (χ4n) is 0.897. The average molecular weight is 211 g/mol. The van der Waals surface area contributed by atoms with Crippen molar-refractivity contribution in [2.75, 3.05) is 0 Å². The van der Waals surface area contributed by atoms with Gasteiger partial charge in [0, 0.05) is 23.5 Å². The molecule has 2 rings (SSSR count). The lowest BCUT2D eigenvalue weighted by Gasteiger charge is -1.96. The summed E-state index contributed by atoms with van der Waals surface area (Å²) in [5.74, 6) is 0.833. The topological polar surface area (TPSA) is 30.7 Å². The maximum atomic E-state index is 4.35. The Bertz CT molecular complexity index is 366. The van der Waals surface area contributed by atoms with Gasteiger partial charge in [0.05, 0.1) is 5.88 Å². The fourth-order valence-corrected chi connectivity index (χ4v) is 2.60. The number of nitrogens with zero attached hydrogens (tertiary/aromatic N) is 3. The highest BCUT2D eigenvalue weighted by atomic mass is 32.2. The second-order valence-electron chi connectivity index (χ2n) is 2.57. The highest BCUT2D eigenvalue weighted by Gasteiger charge is 1.99. The van der Waals surface area contributed by atoms with Gasteiger partial charge in [-0.2, -0.15) is 5.10 Å². The van der Waals surface area contributed by atoms with E-state index in [2.05, 4.69) is 15.5 Å². The first-order valence-corrected chi connectivity index (χ1v) is 5.73. The molecule has 0 aliphatic rings. The van der Waals surface area contributed by atoms with E-state index in [1.807, 2.05) is 23.9 Å². The van der Waals surface area contributed by atoms with Crippen LogP contribution in [0.1, 0.15) is 5.69 Å². The Hall–Kier alpha value is -0.810. The second kappa shape index (κ2) is 3.93. The third kappa shape index (κ3) is 2.32. The van der Waals surface area contributed by atoms with Crippen molar-refractivity contribution in [1.82, 2.24) is 14.8 Å². The van der Waals surface area contributed by atoms with Gasteiger partial charge in [0.2, 0.25) is 0 Å². The third-order valence-corrected chi connectivity index (χ3v) is 3.60. The molecule has 0 aliphatic carbocycles. The Kier molecular flexibility index (Phi) is 2.65. The predicted octanol–water partition coefficient (Wildman–Crippen LogP) is 2.40. The van der Waals surface area contributed by atoms with Gasteiger partial charge in [0.25, 0.3) is 0 Å². The summed E-state index contributed by atoms with van der Waals surface area (Å²) in [5, 5.41) is 6.17. The van der Waals surface area contributed by atoms with E-state index in [1.165, 1.54) is 0 Å². The number of aromatic nitrogens is 3. The first-order valence-electron chi connectivity index (χ1n) is 3.87. The summed E-state index contributed by atoms with van der Waals surface area (Å²) >= 11 is 3.39. The second-order valence-corrected chi connectivity index (χ2v) is 4.62. The normalized spacial score (nSPS) is 10.5. The van der Waals surface area contributed by atoms with Crippen molar-refractivity contribution in [3.8, 4) is 0 Å². The molecule has 13 heavy (non-hydrogen) atoms. The van der Waals surface area contributed by atoms with Gasteiger partial charge < -0.3 is 0 Å². The van der Waals surface area contributed by atoms with Gasteiger partial charge in [-0.1, -0.05) is 11.8 Å². The molecule has 0 amide bonds. The number of rotatable bonds is 3. The molecule has 0 unspecified atom stereocenters. The zero-order valence-corrected chi connectivity index (χ0v) is 8.81. The molecular formula is C8H9N3S2. The van der Waals surface area contributed by atoms with E-state index in [4.69, 9.17) is 0 Å².